The van der Waals surface area contributed by atoms with Crippen LogP contribution in [0.2, 0.25) is 0 Å². The third-order valence-electron chi connectivity index (χ3n) is 5.33. The Morgan fingerprint density at radius 1 is 0.886 bits per heavy atom. The highest BCUT2D eigenvalue weighted by Crippen LogP contribution is 2.24. The lowest BCUT2D eigenvalue weighted by atomic mass is 10.1. The third-order valence-corrected chi connectivity index (χ3v) is 5.86. The topological polar surface area (TPSA) is 84.9 Å². The third kappa shape index (κ3) is 5.78. The van der Waals surface area contributed by atoms with Gasteiger partial charge in [-0.1, -0.05) is 40.2 Å². The Morgan fingerprint density at radius 2 is 1.57 bits per heavy atom. The fourth-order valence-electron chi connectivity index (χ4n) is 3.48. The molecule has 1 heterocycles. The molecule has 0 saturated carbocycles. The molecule has 3 aromatic rings. The van der Waals surface area contributed by atoms with Gasteiger partial charge < -0.3 is 9.47 Å². The van der Waals surface area contributed by atoms with Gasteiger partial charge in [-0.2, -0.15) is 0 Å². The molecule has 1 saturated heterocycles. The standard InChI is InChI=1S/C27H23BrN2O5/c1-17-3-4-18(2)24(15-17)35-14-13-34-22-11-5-19(6-12-22)16-23-25(31)29-27(33)30(26(23)32)21-9-7-20(28)8-10-21/h3-12,15-16H,13-14H2,1-2H3,(H,29,31,33). The van der Waals surface area contributed by atoms with Crippen LogP contribution in [-0.2, 0) is 9.59 Å². The van der Waals surface area contributed by atoms with Gasteiger partial charge in [0.2, 0.25) is 0 Å². The molecule has 1 aliphatic heterocycles. The van der Waals surface area contributed by atoms with Crippen LogP contribution in [0.25, 0.3) is 6.08 Å². The Bertz CT molecular complexity index is 1300. The Labute approximate surface area is 211 Å². The lowest BCUT2D eigenvalue weighted by Gasteiger charge is -2.26. The summed E-state index contributed by atoms with van der Waals surface area (Å²) in [4.78, 5) is 38.6. The quantitative estimate of drug-likeness (QED) is 0.256. The van der Waals surface area contributed by atoms with Gasteiger partial charge in [0.15, 0.2) is 0 Å². The van der Waals surface area contributed by atoms with Gasteiger partial charge in [-0.3, -0.25) is 14.9 Å². The van der Waals surface area contributed by atoms with Gasteiger partial charge in [-0.15, -0.1) is 0 Å². The van der Waals surface area contributed by atoms with Crippen LogP contribution < -0.4 is 19.7 Å². The number of urea groups is 1. The zero-order chi connectivity index (χ0) is 24.9. The molecule has 1 N–H and O–H groups in total. The number of ether oxygens (including phenoxy) is 2. The summed E-state index contributed by atoms with van der Waals surface area (Å²) < 4.78 is 12.3. The van der Waals surface area contributed by atoms with Crippen LogP contribution in [0.15, 0.2) is 76.8 Å². The van der Waals surface area contributed by atoms with E-state index in [0.717, 1.165) is 26.2 Å². The summed E-state index contributed by atoms with van der Waals surface area (Å²) in [5.74, 6) is 0.0340. The van der Waals surface area contributed by atoms with Gasteiger partial charge in [-0.05, 0) is 79.1 Å². The first-order valence-electron chi connectivity index (χ1n) is 10.9. The molecule has 4 amide bonds. The van der Waals surface area contributed by atoms with Crippen LogP contribution in [-0.4, -0.2) is 31.1 Å². The number of rotatable bonds is 7. The van der Waals surface area contributed by atoms with Gasteiger partial charge >= 0.3 is 6.03 Å². The van der Waals surface area contributed by atoms with E-state index < -0.39 is 17.8 Å². The van der Waals surface area contributed by atoms with E-state index >= 15 is 0 Å². The van der Waals surface area contributed by atoms with E-state index in [1.807, 2.05) is 32.0 Å². The summed E-state index contributed by atoms with van der Waals surface area (Å²) in [6, 6.07) is 18.9. The number of imide groups is 2. The molecular formula is C27H23BrN2O5. The smallest absolute Gasteiger partial charge is 0.335 e. The predicted octanol–water partition coefficient (Wildman–Crippen LogP) is 5.19. The highest BCUT2D eigenvalue weighted by atomic mass is 79.9. The van der Waals surface area contributed by atoms with Crippen LogP contribution in [0.5, 0.6) is 11.5 Å². The monoisotopic (exact) mass is 534 g/mol. The Hall–Kier alpha value is -3.91. The van der Waals surface area contributed by atoms with Crippen LogP contribution >= 0.6 is 15.9 Å². The summed E-state index contributed by atoms with van der Waals surface area (Å²) in [6.45, 7) is 4.76. The molecule has 35 heavy (non-hydrogen) atoms. The molecular weight excluding hydrogens is 512 g/mol. The number of carbonyl (C=O) groups is 3. The Balaban J connectivity index is 1.40. The van der Waals surface area contributed by atoms with Crippen molar-refractivity contribution in [1.29, 1.82) is 0 Å². The van der Waals surface area contributed by atoms with Crippen molar-refractivity contribution < 1.29 is 23.9 Å². The molecule has 178 valence electrons. The maximum atomic E-state index is 13.0. The number of nitrogens with zero attached hydrogens (tertiary/aromatic N) is 1. The first-order chi connectivity index (χ1) is 16.8. The average molecular weight is 535 g/mol. The first-order valence-corrected chi connectivity index (χ1v) is 11.7. The van der Waals surface area contributed by atoms with Gasteiger partial charge in [0.05, 0.1) is 5.69 Å². The van der Waals surface area contributed by atoms with Crippen LogP contribution in [0.3, 0.4) is 0 Å². The second kappa shape index (κ2) is 10.6. The SMILES string of the molecule is Cc1ccc(C)c(OCCOc2ccc(C=C3C(=O)NC(=O)N(c4ccc(Br)cc4)C3=O)cc2)c1. The second-order valence-electron chi connectivity index (χ2n) is 7.97. The molecule has 0 aliphatic carbocycles. The lowest BCUT2D eigenvalue weighted by Crippen LogP contribution is -2.54. The van der Waals surface area contributed by atoms with E-state index in [1.165, 1.54) is 6.08 Å². The van der Waals surface area contributed by atoms with Crippen molar-refractivity contribution >= 4 is 45.5 Å². The number of benzene rings is 3. The number of anilines is 1. The second-order valence-corrected chi connectivity index (χ2v) is 8.88. The van der Waals surface area contributed by atoms with Crippen LogP contribution in [0, 0.1) is 13.8 Å². The molecule has 7 nitrogen and oxygen atoms in total. The van der Waals surface area contributed by atoms with Crippen molar-refractivity contribution in [3.8, 4) is 11.5 Å². The van der Waals surface area contributed by atoms with Crippen LogP contribution in [0.1, 0.15) is 16.7 Å². The van der Waals surface area contributed by atoms with E-state index in [4.69, 9.17) is 9.47 Å². The van der Waals surface area contributed by atoms with Crippen molar-refractivity contribution in [3.63, 3.8) is 0 Å². The number of carbonyl (C=O) groups excluding carboxylic acids is 3. The van der Waals surface area contributed by atoms with Gasteiger partial charge in [0.25, 0.3) is 11.8 Å². The van der Waals surface area contributed by atoms with Gasteiger partial charge in [-0.25, -0.2) is 9.69 Å². The maximum absolute atomic E-state index is 13.0. The molecule has 3 aromatic carbocycles. The number of halogens is 1. The number of barbiturate groups is 1. The fraction of sp³-hybridized carbons (Fsp3) is 0.148. The summed E-state index contributed by atoms with van der Waals surface area (Å²) in [6.07, 6.45) is 1.45. The molecule has 4 rings (SSSR count). The number of nitrogens with one attached hydrogen (secondary N) is 1. The Morgan fingerprint density at radius 3 is 2.29 bits per heavy atom. The zero-order valence-electron chi connectivity index (χ0n) is 19.2. The summed E-state index contributed by atoms with van der Waals surface area (Å²) in [5.41, 5.74) is 3.04. The average Bonchev–Trinajstić information content (AvgIpc) is 2.83. The number of hydrogen-bond donors (Lipinski definition) is 1. The number of hydrogen-bond acceptors (Lipinski definition) is 5. The first kappa shape index (κ1) is 24.2. The summed E-state index contributed by atoms with van der Waals surface area (Å²) in [7, 11) is 0. The van der Waals surface area contributed by atoms with Crippen LogP contribution in [0.4, 0.5) is 10.5 Å². The highest BCUT2D eigenvalue weighted by molar-refractivity contribution is 9.10. The van der Waals surface area contributed by atoms with E-state index in [1.54, 1.807) is 48.5 Å². The van der Waals surface area contributed by atoms with E-state index in [2.05, 4.69) is 21.2 Å². The molecule has 0 aromatic heterocycles. The molecule has 1 aliphatic rings. The van der Waals surface area contributed by atoms with Gasteiger partial charge in [0.1, 0.15) is 30.3 Å². The summed E-state index contributed by atoms with van der Waals surface area (Å²) >= 11 is 3.32. The molecule has 0 unspecified atom stereocenters. The van der Waals surface area contributed by atoms with E-state index in [0.29, 0.717) is 30.2 Å². The predicted molar refractivity (Wildman–Crippen MR) is 136 cm³/mol. The van der Waals surface area contributed by atoms with Crippen molar-refractivity contribution in [1.82, 2.24) is 5.32 Å². The van der Waals surface area contributed by atoms with Gasteiger partial charge in [0, 0.05) is 4.47 Å². The Kier molecular flexibility index (Phi) is 7.31. The van der Waals surface area contributed by atoms with E-state index in [9.17, 15) is 14.4 Å². The molecule has 8 heteroatoms. The van der Waals surface area contributed by atoms with E-state index in [-0.39, 0.29) is 5.57 Å². The minimum absolute atomic E-state index is 0.136. The molecule has 0 atom stereocenters. The number of amides is 4. The molecule has 0 spiro atoms. The zero-order valence-corrected chi connectivity index (χ0v) is 20.8. The fourth-order valence-corrected chi connectivity index (χ4v) is 3.75. The summed E-state index contributed by atoms with van der Waals surface area (Å²) in [5, 5.41) is 2.22. The minimum atomic E-state index is -0.786. The normalized spacial score (nSPS) is 14.8. The molecule has 0 bridgehead atoms. The lowest BCUT2D eigenvalue weighted by molar-refractivity contribution is -0.122. The van der Waals surface area contributed by atoms with Crippen molar-refractivity contribution in [2.24, 2.45) is 0 Å². The molecule has 0 radical (unpaired) electrons. The van der Waals surface area contributed by atoms with Crippen molar-refractivity contribution in [3.05, 3.63) is 93.5 Å². The number of aryl methyl sites for hydroxylation is 2. The minimum Gasteiger partial charge on any atom is -0.490 e. The largest absolute Gasteiger partial charge is 0.490 e. The highest BCUT2D eigenvalue weighted by Gasteiger charge is 2.36. The van der Waals surface area contributed by atoms with Crippen molar-refractivity contribution in [2.45, 2.75) is 13.8 Å². The molecule has 1 fully saturated rings. The van der Waals surface area contributed by atoms with Crippen molar-refractivity contribution in [2.75, 3.05) is 18.1 Å². The maximum Gasteiger partial charge on any atom is 0.335 e.